The van der Waals surface area contributed by atoms with E-state index in [2.05, 4.69) is 27.9 Å². The molecular weight excluding hydrogens is 523 g/mol. The van der Waals surface area contributed by atoms with Gasteiger partial charge in [-0.1, -0.05) is 41.9 Å². The van der Waals surface area contributed by atoms with Gasteiger partial charge in [0.15, 0.2) is 0 Å². The first-order valence-corrected chi connectivity index (χ1v) is 11.6. The molecule has 0 fully saturated rings. The Hall–Kier alpha value is -2.10. The Labute approximate surface area is 188 Å². The lowest BCUT2D eigenvalue weighted by atomic mass is 10.2. The van der Waals surface area contributed by atoms with Crippen LogP contribution in [0.1, 0.15) is 5.56 Å². The highest BCUT2D eigenvalue weighted by atomic mass is 127. The van der Waals surface area contributed by atoms with Gasteiger partial charge in [-0.25, -0.2) is 8.42 Å². The third-order valence-electron chi connectivity index (χ3n) is 4.20. The summed E-state index contributed by atoms with van der Waals surface area (Å²) in [6.07, 6.45) is 0. The molecule has 8 heteroatoms. The number of halogens is 2. The van der Waals surface area contributed by atoms with E-state index in [-0.39, 0.29) is 15.6 Å². The van der Waals surface area contributed by atoms with Gasteiger partial charge in [-0.3, -0.25) is 9.10 Å². The minimum absolute atomic E-state index is 0.0816. The van der Waals surface area contributed by atoms with E-state index in [1.165, 1.54) is 12.1 Å². The summed E-state index contributed by atoms with van der Waals surface area (Å²) in [6.45, 7) is 1.47. The topological polar surface area (TPSA) is 66.5 Å². The van der Waals surface area contributed by atoms with Crippen LogP contribution in [0.25, 0.3) is 0 Å². The average Bonchev–Trinajstić information content (AvgIpc) is 2.69. The van der Waals surface area contributed by atoms with Crippen LogP contribution in [0.5, 0.6) is 0 Å². The molecule has 150 valence electrons. The number of aryl methyl sites for hydroxylation is 1. The van der Waals surface area contributed by atoms with Crippen LogP contribution >= 0.6 is 34.2 Å². The Balaban J connectivity index is 1.96. The van der Waals surface area contributed by atoms with Crippen molar-refractivity contribution in [1.82, 2.24) is 0 Å². The molecule has 0 bridgehead atoms. The molecule has 0 heterocycles. The molecule has 3 rings (SSSR count). The third kappa shape index (κ3) is 5.09. The number of rotatable bonds is 6. The summed E-state index contributed by atoms with van der Waals surface area (Å²) >= 11 is 8.45. The van der Waals surface area contributed by atoms with E-state index >= 15 is 0 Å². The van der Waals surface area contributed by atoms with E-state index in [0.29, 0.717) is 5.69 Å². The second-order valence-corrected chi connectivity index (χ2v) is 9.80. The lowest BCUT2D eigenvalue weighted by molar-refractivity contribution is -0.114. The maximum Gasteiger partial charge on any atom is 0.264 e. The van der Waals surface area contributed by atoms with Gasteiger partial charge >= 0.3 is 0 Å². The molecule has 5 nitrogen and oxygen atoms in total. The number of anilines is 2. The zero-order valence-corrected chi connectivity index (χ0v) is 19.2. The van der Waals surface area contributed by atoms with E-state index in [4.69, 9.17) is 11.6 Å². The van der Waals surface area contributed by atoms with Crippen LogP contribution in [0.15, 0.2) is 77.7 Å². The van der Waals surface area contributed by atoms with Crippen molar-refractivity contribution in [2.75, 3.05) is 16.2 Å². The Morgan fingerprint density at radius 2 is 1.69 bits per heavy atom. The summed E-state index contributed by atoms with van der Waals surface area (Å²) < 4.78 is 28.6. The van der Waals surface area contributed by atoms with Gasteiger partial charge in [0.2, 0.25) is 5.91 Å². The van der Waals surface area contributed by atoms with Crippen molar-refractivity contribution < 1.29 is 13.2 Å². The van der Waals surface area contributed by atoms with Crippen LogP contribution in [-0.2, 0) is 14.8 Å². The smallest absolute Gasteiger partial charge is 0.264 e. The van der Waals surface area contributed by atoms with E-state index in [9.17, 15) is 13.2 Å². The molecule has 29 heavy (non-hydrogen) atoms. The maximum absolute atomic E-state index is 13.3. The minimum Gasteiger partial charge on any atom is -0.324 e. The highest BCUT2D eigenvalue weighted by Gasteiger charge is 2.28. The number of sulfonamides is 1. The van der Waals surface area contributed by atoms with Crippen molar-refractivity contribution in [1.29, 1.82) is 0 Å². The van der Waals surface area contributed by atoms with Crippen molar-refractivity contribution >= 4 is 61.5 Å². The molecule has 0 aliphatic rings. The zero-order valence-electron chi connectivity index (χ0n) is 15.5. The summed E-state index contributed by atoms with van der Waals surface area (Å²) in [4.78, 5) is 12.8. The molecular formula is C21H18ClIN2O3S. The molecule has 0 aromatic heterocycles. The van der Waals surface area contributed by atoms with Crippen LogP contribution in [0.2, 0.25) is 5.02 Å². The second kappa shape index (κ2) is 9.15. The minimum atomic E-state index is -3.99. The van der Waals surface area contributed by atoms with Crippen molar-refractivity contribution in [2.24, 2.45) is 0 Å². The number of benzene rings is 3. The monoisotopic (exact) mass is 540 g/mol. The van der Waals surface area contributed by atoms with E-state index in [1.54, 1.807) is 48.5 Å². The third-order valence-corrected chi connectivity index (χ3v) is 6.97. The fourth-order valence-electron chi connectivity index (χ4n) is 2.76. The predicted octanol–water partition coefficient (Wildman–Crippen LogP) is 5.09. The maximum atomic E-state index is 13.3. The Bertz CT molecular complexity index is 1140. The standard InChI is InChI=1S/C21H18ClIN2O3S/c1-15-13-16(23)11-12-19(15)24-21(26)14-25(20-10-6-5-9-18(20)22)29(27,28)17-7-3-2-4-8-17/h2-13H,14H2,1H3,(H,24,26). The van der Waals surface area contributed by atoms with Gasteiger partial charge in [0.1, 0.15) is 6.54 Å². The summed E-state index contributed by atoms with van der Waals surface area (Å²) in [6, 6.07) is 20.1. The van der Waals surface area contributed by atoms with Crippen molar-refractivity contribution in [3.05, 3.63) is 87.0 Å². The van der Waals surface area contributed by atoms with Gasteiger partial charge in [-0.15, -0.1) is 0 Å². The highest BCUT2D eigenvalue weighted by Crippen LogP contribution is 2.30. The average molecular weight is 541 g/mol. The molecule has 3 aromatic rings. The summed E-state index contributed by atoms with van der Waals surface area (Å²) in [7, 11) is -3.99. The van der Waals surface area contributed by atoms with Crippen LogP contribution in [0.4, 0.5) is 11.4 Å². The summed E-state index contributed by atoms with van der Waals surface area (Å²) in [5.41, 5.74) is 1.76. The molecule has 0 saturated carbocycles. The number of amides is 1. The van der Waals surface area contributed by atoms with Gasteiger partial charge in [0, 0.05) is 9.26 Å². The SMILES string of the molecule is Cc1cc(I)ccc1NC(=O)CN(c1ccccc1Cl)S(=O)(=O)c1ccccc1. The molecule has 0 saturated heterocycles. The first-order chi connectivity index (χ1) is 13.8. The second-order valence-electron chi connectivity index (χ2n) is 6.28. The molecule has 0 atom stereocenters. The fraction of sp³-hybridized carbons (Fsp3) is 0.0952. The number of carbonyl (C=O) groups excluding carboxylic acids is 1. The van der Waals surface area contributed by atoms with Crippen molar-refractivity contribution in [3.8, 4) is 0 Å². The molecule has 0 aliphatic heterocycles. The summed E-state index contributed by atoms with van der Waals surface area (Å²) in [5.74, 6) is -0.464. The lowest BCUT2D eigenvalue weighted by Gasteiger charge is -2.25. The van der Waals surface area contributed by atoms with Gasteiger partial charge in [-0.2, -0.15) is 0 Å². The van der Waals surface area contributed by atoms with Crippen LogP contribution < -0.4 is 9.62 Å². The molecule has 1 N–H and O–H groups in total. The van der Waals surface area contributed by atoms with Crippen LogP contribution in [0.3, 0.4) is 0 Å². The molecule has 1 amide bonds. The summed E-state index contributed by atoms with van der Waals surface area (Å²) in [5, 5.41) is 3.03. The normalized spacial score (nSPS) is 11.1. The first-order valence-electron chi connectivity index (χ1n) is 8.67. The molecule has 3 aromatic carbocycles. The van der Waals surface area contributed by atoms with Gasteiger partial charge in [-0.05, 0) is 77.5 Å². The first kappa shape index (κ1) is 21.6. The predicted molar refractivity (Wildman–Crippen MR) is 125 cm³/mol. The van der Waals surface area contributed by atoms with Crippen molar-refractivity contribution in [2.45, 2.75) is 11.8 Å². The quantitative estimate of drug-likeness (QED) is 0.443. The fourth-order valence-corrected chi connectivity index (χ4v) is 5.16. The van der Waals surface area contributed by atoms with E-state index in [1.807, 2.05) is 19.1 Å². The molecule has 0 spiro atoms. The van der Waals surface area contributed by atoms with Crippen molar-refractivity contribution in [3.63, 3.8) is 0 Å². The number of para-hydroxylation sites is 1. The van der Waals surface area contributed by atoms with Crippen LogP contribution in [0, 0.1) is 10.5 Å². The van der Waals surface area contributed by atoms with Crippen LogP contribution in [-0.4, -0.2) is 20.9 Å². The number of nitrogens with zero attached hydrogens (tertiary/aromatic N) is 1. The molecule has 0 unspecified atom stereocenters. The molecule has 0 aliphatic carbocycles. The van der Waals surface area contributed by atoms with E-state index < -0.39 is 22.5 Å². The number of hydrogen-bond acceptors (Lipinski definition) is 3. The largest absolute Gasteiger partial charge is 0.324 e. The Kier molecular flexibility index (Phi) is 6.81. The van der Waals surface area contributed by atoms with E-state index in [0.717, 1.165) is 13.4 Å². The molecule has 0 radical (unpaired) electrons. The van der Waals surface area contributed by atoms with Gasteiger partial charge < -0.3 is 5.32 Å². The number of carbonyl (C=O) groups is 1. The lowest BCUT2D eigenvalue weighted by Crippen LogP contribution is -2.38. The van der Waals surface area contributed by atoms with Gasteiger partial charge in [0.25, 0.3) is 10.0 Å². The highest BCUT2D eigenvalue weighted by molar-refractivity contribution is 14.1. The number of hydrogen-bond donors (Lipinski definition) is 1. The van der Waals surface area contributed by atoms with Gasteiger partial charge in [0.05, 0.1) is 15.6 Å². The Morgan fingerprint density at radius 3 is 2.34 bits per heavy atom. The zero-order chi connectivity index (χ0) is 21.0. The number of nitrogens with one attached hydrogen (secondary N) is 1. The Morgan fingerprint density at radius 1 is 1.03 bits per heavy atom.